The Hall–Kier alpha value is -1.08. The summed E-state index contributed by atoms with van der Waals surface area (Å²) in [5.74, 6) is -1.52. The van der Waals surface area contributed by atoms with Crippen LogP contribution in [0.1, 0.15) is 19.8 Å². The zero-order valence-electron chi connectivity index (χ0n) is 8.97. The van der Waals surface area contributed by atoms with E-state index in [0.29, 0.717) is 0 Å². The Morgan fingerprint density at radius 3 is 2.38 bits per heavy atom. The summed E-state index contributed by atoms with van der Waals surface area (Å²) >= 11 is 3.92. The van der Waals surface area contributed by atoms with Gasteiger partial charge < -0.3 is 16.2 Å². The van der Waals surface area contributed by atoms with Crippen molar-refractivity contribution in [3.8, 4) is 0 Å². The zero-order valence-corrected chi connectivity index (χ0v) is 9.87. The summed E-state index contributed by atoms with van der Waals surface area (Å²) in [4.78, 5) is 32.6. The van der Waals surface area contributed by atoms with Crippen molar-refractivity contribution in [3.63, 3.8) is 0 Å². The van der Waals surface area contributed by atoms with Crippen LogP contribution in [0.2, 0.25) is 0 Å². The predicted molar refractivity (Wildman–Crippen MR) is 61.3 cm³/mol. The molecule has 0 aliphatic rings. The summed E-state index contributed by atoms with van der Waals surface area (Å²) in [6.45, 7) is 1.35. The van der Waals surface area contributed by atoms with Crippen LogP contribution in [0.15, 0.2) is 0 Å². The van der Waals surface area contributed by atoms with E-state index in [1.807, 2.05) is 0 Å². The molecule has 0 saturated carbocycles. The van der Waals surface area contributed by atoms with Crippen molar-refractivity contribution in [1.82, 2.24) is 5.32 Å². The van der Waals surface area contributed by atoms with Crippen molar-refractivity contribution in [1.29, 1.82) is 0 Å². The Morgan fingerprint density at radius 1 is 1.44 bits per heavy atom. The van der Waals surface area contributed by atoms with Gasteiger partial charge in [-0.25, -0.2) is 0 Å². The van der Waals surface area contributed by atoms with E-state index in [-0.39, 0.29) is 24.4 Å². The van der Waals surface area contributed by atoms with Crippen LogP contribution < -0.4 is 11.1 Å². The molecule has 16 heavy (non-hydrogen) atoms. The number of nitrogens with two attached hydrogens (primary N) is 1. The lowest BCUT2D eigenvalue weighted by Crippen LogP contribution is -2.42. The van der Waals surface area contributed by atoms with E-state index < -0.39 is 24.0 Å². The first-order valence-corrected chi connectivity index (χ1v) is 5.40. The second kappa shape index (κ2) is 7.24. The molecule has 0 bridgehead atoms. The van der Waals surface area contributed by atoms with Crippen LogP contribution in [0.3, 0.4) is 0 Å². The minimum absolute atomic E-state index is 0.0228. The lowest BCUT2D eigenvalue weighted by atomic mass is 10.1. The molecule has 0 heterocycles. The van der Waals surface area contributed by atoms with E-state index in [1.54, 1.807) is 0 Å². The van der Waals surface area contributed by atoms with Crippen LogP contribution in [-0.2, 0) is 14.4 Å². The maximum atomic E-state index is 11.3. The molecule has 7 heteroatoms. The van der Waals surface area contributed by atoms with Gasteiger partial charge in [0, 0.05) is 12.2 Å². The van der Waals surface area contributed by atoms with Crippen LogP contribution >= 0.6 is 12.6 Å². The average Bonchev–Trinajstić information content (AvgIpc) is 2.21. The Morgan fingerprint density at radius 2 is 2.00 bits per heavy atom. The van der Waals surface area contributed by atoms with Crippen LogP contribution in [0.5, 0.6) is 0 Å². The molecule has 0 aliphatic carbocycles. The largest absolute Gasteiger partial charge is 0.480 e. The number of aliphatic carboxylic acids is 1. The molecule has 0 rings (SSSR count). The fourth-order valence-corrected chi connectivity index (χ4v) is 1.30. The third-order valence-corrected chi connectivity index (χ3v) is 2.37. The maximum absolute atomic E-state index is 11.3. The van der Waals surface area contributed by atoms with E-state index in [1.165, 1.54) is 6.92 Å². The lowest BCUT2D eigenvalue weighted by molar-refractivity contribution is -0.138. The zero-order chi connectivity index (χ0) is 12.7. The Bertz CT molecular complexity index is 283. The van der Waals surface area contributed by atoms with Crippen LogP contribution in [-0.4, -0.2) is 40.6 Å². The molecule has 0 aromatic heterocycles. The number of hydrogen-bond donors (Lipinski definition) is 4. The standard InChI is InChI=1S/C9H16N2O4S/c1-5(12)7(4-16)11-8(13)3-2-6(10)9(14)15/h6-7,16H,2-4,10H2,1H3,(H,11,13)(H,14,15). The van der Waals surface area contributed by atoms with E-state index in [2.05, 4.69) is 17.9 Å². The first-order valence-electron chi connectivity index (χ1n) is 4.77. The van der Waals surface area contributed by atoms with Crippen molar-refractivity contribution < 1.29 is 19.5 Å². The van der Waals surface area contributed by atoms with Crippen molar-refractivity contribution in [2.24, 2.45) is 5.73 Å². The van der Waals surface area contributed by atoms with Gasteiger partial charge in [-0.1, -0.05) is 0 Å². The van der Waals surface area contributed by atoms with Gasteiger partial charge in [0.1, 0.15) is 6.04 Å². The summed E-state index contributed by atoms with van der Waals surface area (Å²) in [5.41, 5.74) is 5.23. The predicted octanol–water partition coefficient (Wildman–Crippen LogP) is -0.818. The second-order valence-corrected chi connectivity index (χ2v) is 3.76. The molecule has 92 valence electrons. The molecule has 2 atom stereocenters. The third kappa shape index (κ3) is 5.72. The van der Waals surface area contributed by atoms with Crippen molar-refractivity contribution in [2.45, 2.75) is 31.8 Å². The van der Waals surface area contributed by atoms with Crippen molar-refractivity contribution >= 4 is 30.3 Å². The number of rotatable bonds is 7. The van der Waals surface area contributed by atoms with E-state index >= 15 is 0 Å². The number of carboxylic acids is 1. The van der Waals surface area contributed by atoms with E-state index in [0.717, 1.165) is 0 Å². The smallest absolute Gasteiger partial charge is 0.320 e. The number of Topliss-reactive ketones (excluding diaryl/α,β-unsaturated/α-hetero) is 1. The van der Waals surface area contributed by atoms with Crippen LogP contribution in [0.4, 0.5) is 0 Å². The fraction of sp³-hybridized carbons (Fsp3) is 0.667. The number of ketones is 1. The SMILES string of the molecule is CC(=O)C(CS)NC(=O)CCC(N)C(=O)O. The highest BCUT2D eigenvalue weighted by molar-refractivity contribution is 7.80. The minimum Gasteiger partial charge on any atom is -0.480 e. The number of carbonyl (C=O) groups excluding carboxylic acids is 2. The fourth-order valence-electron chi connectivity index (χ4n) is 0.952. The van der Waals surface area contributed by atoms with Crippen LogP contribution in [0, 0.1) is 0 Å². The van der Waals surface area contributed by atoms with Crippen molar-refractivity contribution in [3.05, 3.63) is 0 Å². The van der Waals surface area contributed by atoms with Gasteiger partial charge in [0.15, 0.2) is 5.78 Å². The van der Waals surface area contributed by atoms with Gasteiger partial charge >= 0.3 is 5.97 Å². The Balaban J connectivity index is 3.99. The monoisotopic (exact) mass is 248 g/mol. The van der Waals surface area contributed by atoms with Gasteiger partial charge in [0.05, 0.1) is 6.04 Å². The number of hydrogen-bond acceptors (Lipinski definition) is 5. The number of carboxylic acid groups (broad SMARTS) is 1. The molecule has 0 saturated heterocycles. The lowest BCUT2D eigenvalue weighted by Gasteiger charge is -2.13. The molecule has 2 unspecified atom stereocenters. The molecule has 4 N–H and O–H groups in total. The van der Waals surface area contributed by atoms with E-state index in [4.69, 9.17) is 10.8 Å². The summed E-state index contributed by atoms with van der Waals surface area (Å²) in [7, 11) is 0. The summed E-state index contributed by atoms with van der Waals surface area (Å²) in [6.07, 6.45) is 0.0172. The normalized spacial score (nSPS) is 13.9. The van der Waals surface area contributed by atoms with Gasteiger partial charge in [0.2, 0.25) is 5.91 Å². The first-order chi connectivity index (χ1) is 7.38. The topological polar surface area (TPSA) is 109 Å². The molecule has 0 aromatic rings. The third-order valence-electron chi connectivity index (χ3n) is 2.01. The van der Waals surface area contributed by atoms with Crippen molar-refractivity contribution in [2.75, 3.05) is 5.75 Å². The van der Waals surface area contributed by atoms with Gasteiger partial charge in [0.25, 0.3) is 0 Å². The van der Waals surface area contributed by atoms with Gasteiger partial charge in [-0.3, -0.25) is 14.4 Å². The molecular weight excluding hydrogens is 232 g/mol. The quantitative estimate of drug-likeness (QED) is 0.440. The first kappa shape index (κ1) is 14.9. The van der Waals surface area contributed by atoms with E-state index in [9.17, 15) is 14.4 Å². The summed E-state index contributed by atoms with van der Waals surface area (Å²) in [6, 6.07) is -1.69. The average molecular weight is 248 g/mol. The number of nitrogens with one attached hydrogen (secondary N) is 1. The molecule has 0 fully saturated rings. The molecule has 0 aliphatic heterocycles. The maximum Gasteiger partial charge on any atom is 0.320 e. The second-order valence-electron chi connectivity index (χ2n) is 3.40. The number of amides is 1. The molecule has 1 amide bonds. The summed E-state index contributed by atoms with van der Waals surface area (Å²) < 4.78 is 0. The molecular formula is C9H16N2O4S. The Kier molecular flexibility index (Phi) is 6.75. The molecule has 0 spiro atoms. The highest BCUT2D eigenvalue weighted by Crippen LogP contribution is 1.97. The molecule has 0 radical (unpaired) electrons. The highest BCUT2D eigenvalue weighted by Gasteiger charge is 2.17. The number of thiol groups is 1. The molecule has 6 nitrogen and oxygen atoms in total. The molecule has 0 aromatic carbocycles. The Labute approximate surface area is 99.0 Å². The van der Waals surface area contributed by atoms with Gasteiger partial charge in [-0.05, 0) is 13.3 Å². The highest BCUT2D eigenvalue weighted by atomic mass is 32.1. The summed E-state index contributed by atoms with van der Waals surface area (Å²) in [5, 5.41) is 10.9. The van der Waals surface area contributed by atoms with Gasteiger partial charge in [-0.15, -0.1) is 0 Å². The minimum atomic E-state index is -1.15. The number of carbonyl (C=O) groups is 3. The van der Waals surface area contributed by atoms with Gasteiger partial charge in [-0.2, -0.15) is 12.6 Å². The van der Waals surface area contributed by atoms with Crippen LogP contribution in [0.25, 0.3) is 0 Å².